The Hall–Kier alpha value is -2.42. The fourth-order valence-electron chi connectivity index (χ4n) is 1.64. The van der Waals surface area contributed by atoms with E-state index in [1.807, 2.05) is 6.92 Å². The summed E-state index contributed by atoms with van der Waals surface area (Å²) in [5, 5.41) is 29.3. The molecular weight excluding hydrogens is 292 g/mol. The second-order valence-corrected chi connectivity index (χ2v) is 5.06. The minimum atomic E-state index is 0.194. The van der Waals surface area contributed by atoms with Crippen molar-refractivity contribution in [3.05, 3.63) is 36.0 Å². The fourth-order valence-corrected chi connectivity index (χ4v) is 2.37. The molecule has 0 fully saturated rings. The molecule has 1 aromatic carbocycles. The zero-order chi connectivity index (χ0) is 14.7. The van der Waals surface area contributed by atoms with Crippen molar-refractivity contribution in [1.82, 2.24) is 30.4 Å². The van der Waals surface area contributed by atoms with Gasteiger partial charge in [-0.25, -0.2) is 0 Å². The smallest absolute Gasteiger partial charge is 0.226 e. The molecule has 0 aliphatic carbocycles. The number of rotatable bonds is 5. The van der Waals surface area contributed by atoms with Crippen molar-refractivity contribution in [1.29, 1.82) is 0 Å². The van der Waals surface area contributed by atoms with Gasteiger partial charge in [-0.15, -0.1) is 15.3 Å². The maximum atomic E-state index is 9.31. The minimum Gasteiger partial charge on any atom is -0.508 e. The molecule has 0 aliphatic heterocycles. The Morgan fingerprint density at radius 2 is 1.90 bits per heavy atom. The molecule has 0 atom stereocenters. The van der Waals surface area contributed by atoms with Gasteiger partial charge >= 0.3 is 0 Å². The van der Waals surface area contributed by atoms with Crippen molar-refractivity contribution in [2.45, 2.75) is 24.3 Å². The average molecular weight is 304 g/mol. The molecule has 0 amide bonds. The molecular formula is C12H12N6O2S. The third kappa shape index (κ3) is 3.02. The Morgan fingerprint density at radius 1 is 1.14 bits per heavy atom. The van der Waals surface area contributed by atoms with Crippen LogP contribution in [0.1, 0.15) is 18.7 Å². The molecule has 21 heavy (non-hydrogen) atoms. The molecule has 0 aliphatic rings. The Bertz CT molecular complexity index is 723. The zero-order valence-corrected chi connectivity index (χ0v) is 12.0. The topological polar surface area (TPSA) is 103 Å². The third-order valence-electron chi connectivity index (χ3n) is 2.67. The number of hydrogen-bond donors (Lipinski definition) is 1. The number of hydrogen-bond acceptors (Lipinski definition) is 8. The van der Waals surface area contributed by atoms with E-state index in [2.05, 4.69) is 25.7 Å². The van der Waals surface area contributed by atoms with Gasteiger partial charge in [-0.1, -0.05) is 18.7 Å². The molecule has 3 rings (SSSR count). The van der Waals surface area contributed by atoms with Crippen molar-refractivity contribution in [2.75, 3.05) is 0 Å². The molecule has 0 saturated carbocycles. The minimum absolute atomic E-state index is 0.194. The van der Waals surface area contributed by atoms with Crippen LogP contribution in [-0.4, -0.2) is 35.5 Å². The lowest BCUT2D eigenvalue weighted by molar-refractivity contribution is 0.469. The first-order chi connectivity index (χ1) is 10.3. The lowest BCUT2D eigenvalue weighted by Gasteiger charge is -2.03. The van der Waals surface area contributed by atoms with Crippen LogP contribution in [0.4, 0.5) is 0 Å². The van der Waals surface area contributed by atoms with Gasteiger partial charge in [-0.05, 0) is 34.7 Å². The maximum Gasteiger partial charge on any atom is 0.226 e. The van der Waals surface area contributed by atoms with Crippen LogP contribution >= 0.6 is 11.8 Å². The lowest BCUT2D eigenvalue weighted by atomic mass is 10.3. The number of phenolic OH excluding ortho intramolecular Hbond substituents is 1. The van der Waals surface area contributed by atoms with Gasteiger partial charge < -0.3 is 9.52 Å². The van der Waals surface area contributed by atoms with E-state index < -0.39 is 0 Å². The summed E-state index contributed by atoms with van der Waals surface area (Å²) in [5.74, 6) is 1.84. The second kappa shape index (κ2) is 5.92. The summed E-state index contributed by atoms with van der Waals surface area (Å²) in [4.78, 5) is 0. The van der Waals surface area contributed by atoms with Gasteiger partial charge in [0.25, 0.3) is 0 Å². The number of aryl methyl sites for hydroxylation is 1. The summed E-state index contributed by atoms with van der Waals surface area (Å²) in [6.45, 7) is 1.95. The number of benzene rings is 1. The molecule has 8 nitrogen and oxygen atoms in total. The normalized spacial score (nSPS) is 10.9. The van der Waals surface area contributed by atoms with Crippen LogP contribution in [-0.2, 0) is 12.2 Å². The predicted octanol–water partition coefficient (Wildman–Crippen LogP) is 1.61. The fraction of sp³-hybridized carbons (Fsp3) is 0.250. The average Bonchev–Trinajstić information content (AvgIpc) is 3.15. The van der Waals surface area contributed by atoms with Gasteiger partial charge in [0.15, 0.2) is 0 Å². The third-order valence-corrected chi connectivity index (χ3v) is 3.58. The molecule has 108 valence electrons. The first-order valence-electron chi connectivity index (χ1n) is 6.28. The van der Waals surface area contributed by atoms with E-state index >= 15 is 0 Å². The SMILES string of the molecule is CCc1nnc(CSc2nnnn2-c2ccc(O)cc2)o1. The Labute approximate surface area is 124 Å². The summed E-state index contributed by atoms with van der Waals surface area (Å²) < 4.78 is 7.02. The Morgan fingerprint density at radius 3 is 2.62 bits per heavy atom. The molecule has 9 heteroatoms. The van der Waals surface area contributed by atoms with Gasteiger partial charge in [0.2, 0.25) is 16.9 Å². The van der Waals surface area contributed by atoms with Crippen molar-refractivity contribution in [3.8, 4) is 11.4 Å². The van der Waals surface area contributed by atoms with Crippen LogP contribution in [0.15, 0.2) is 33.8 Å². The number of aromatic hydroxyl groups is 1. The number of phenols is 1. The summed E-state index contributed by atoms with van der Waals surface area (Å²) in [7, 11) is 0. The van der Waals surface area contributed by atoms with E-state index in [1.165, 1.54) is 11.8 Å². The highest BCUT2D eigenvalue weighted by atomic mass is 32.2. The standard InChI is InChI=1S/C12H12N6O2S/c1-2-10-13-14-11(20-10)7-21-12-15-16-17-18(12)8-3-5-9(19)6-4-8/h3-6,19H,2,7H2,1H3. The lowest BCUT2D eigenvalue weighted by Crippen LogP contribution is -1.98. The van der Waals surface area contributed by atoms with E-state index in [0.717, 1.165) is 5.69 Å². The summed E-state index contributed by atoms with van der Waals surface area (Å²) in [6.07, 6.45) is 0.711. The van der Waals surface area contributed by atoms with Gasteiger partial charge in [0.05, 0.1) is 11.4 Å². The van der Waals surface area contributed by atoms with Gasteiger partial charge in [0, 0.05) is 6.42 Å². The van der Waals surface area contributed by atoms with E-state index in [9.17, 15) is 5.11 Å². The Balaban J connectivity index is 1.74. The monoisotopic (exact) mass is 304 g/mol. The van der Waals surface area contributed by atoms with Gasteiger partial charge in [-0.3, -0.25) is 0 Å². The highest BCUT2D eigenvalue weighted by molar-refractivity contribution is 7.98. The predicted molar refractivity (Wildman–Crippen MR) is 74.1 cm³/mol. The second-order valence-electron chi connectivity index (χ2n) is 4.12. The summed E-state index contributed by atoms with van der Waals surface area (Å²) >= 11 is 1.40. The summed E-state index contributed by atoms with van der Waals surface area (Å²) in [6, 6.07) is 6.63. The van der Waals surface area contributed by atoms with E-state index in [1.54, 1.807) is 28.9 Å². The molecule has 0 radical (unpaired) electrons. The molecule has 2 heterocycles. The highest BCUT2D eigenvalue weighted by Gasteiger charge is 2.12. The largest absolute Gasteiger partial charge is 0.508 e. The maximum absolute atomic E-state index is 9.31. The van der Waals surface area contributed by atoms with Crippen LogP contribution in [0.3, 0.4) is 0 Å². The van der Waals surface area contributed by atoms with Gasteiger partial charge in [-0.2, -0.15) is 4.68 Å². The molecule has 0 saturated heterocycles. The van der Waals surface area contributed by atoms with E-state index in [0.29, 0.717) is 29.1 Å². The molecule has 2 aromatic heterocycles. The molecule has 1 N–H and O–H groups in total. The number of thioether (sulfide) groups is 1. The number of nitrogens with zero attached hydrogens (tertiary/aromatic N) is 6. The first kappa shape index (κ1) is 13.6. The van der Waals surface area contributed by atoms with E-state index in [4.69, 9.17) is 4.42 Å². The number of tetrazole rings is 1. The quantitative estimate of drug-likeness (QED) is 0.709. The Kier molecular flexibility index (Phi) is 3.82. The zero-order valence-electron chi connectivity index (χ0n) is 11.2. The first-order valence-corrected chi connectivity index (χ1v) is 7.26. The van der Waals surface area contributed by atoms with Crippen molar-refractivity contribution in [3.63, 3.8) is 0 Å². The van der Waals surface area contributed by atoms with Crippen LogP contribution in [0.25, 0.3) is 5.69 Å². The van der Waals surface area contributed by atoms with E-state index in [-0.39, 0.29) is 5.75 Å². The molecule has 0 spiro atoms. The van der Waals surface area contributed by atoms with Crippen LogP contribution in [0.5, 0.6) is 5.75 Å². The van der Waals surface area contributed by atoms with Crippen molar-refractivity contribution < 1.29 is 9.52 Å². The highest BCUT2D eigenvalue weighted by Crippen LogP contribution is 2.22. The van der Waals surface area contributed by atoms with Crippen LogP contribution in [0, 0.1) is 0 Å². The molecule has 3 aromatic rings. The van der Waals surface area contributed by atoms with Crippen LogP contribution < -0.4 is 0 Å². The number of aromatic nitrogens is 6. The summed E-state index contributed by atoms with van der Waals surface area (Å²) in [5.41, 5.74) is 0.764. The molecule has 0 unspecified atom stereocenters. The van der Waals surface area contributed by atoms with Crippen LogP contribution in [0.2, 0.25) is 0 Å². The molecule has 0 bridgehead atoms. The van der Waals surface area contributed by atoms with Crippen molar-refractivity contribution >= 4 is 11.8 Å². The van der Waals surface area contributed by atoms with Gasteiger partial charge in [0.1, 0.15) is 5.75 Å². The van der Waals surface area contributed by atoms with Crippen molar-refractivity contribution in [2.24, 2.45) is 0 Å².